The molecule has 0 spiro atoms. The van der Waals surface area contributed by atoms with Crippen LogP contribution in [0.4, 0.5) is 5.69 Å². The van der Waals surface area contributed by atoms with Gasteiger partial charge in [-0.3, -0.25) is 4.79 Å². The fourth-order valence-corrected chi connectivity index (χ4v) is 1.94. The molecule has 0 aliphatic rings. The summed E-state index contributed by atoms with van der Waals surface area (Å²) in [4.78, 5) is 11.9. The van der Waals surface area contributed by atoms with Crippen molar-refractivity contribution < 1.29 is 10.0 Å². The molecule has 2 aromatic carbocycles. The molecule has 108 valence electrons. The highest BCUT2D eigenvalue weighted by atomic mass is 16.4. The predicted molar refractivity (Wildman–Crippen MR) is 82.3 cm³/mol. The average molecular weight is 283 g/mol. The second kappa shape index (κ2) is 7.09. The van der Waals surface area contributed by atoms with Gasteiger partial charge in [0.1, 0.15) is 5.84 Å². The van der Waals surface area contributed by atoms with Crippen molar-refractivity contribution in [1.82, 2.24) is 0 Å². The summed E-state index contributed by atoms with van der Waals surface area (Å²) in [6.45, 7) is 0. The Morgan fingerprint density at radius 1 is 1.00 bits per heavy atom. The molecule has 0 saturated heterocycles. The molecule has 0 saturated carbocycles. The summed E-state index contributed by atoms with van der Waals surface area (Å²) in [6, 6.07) is 16.8. The number of anilines is 1. The van der Waals surface area contributed by atoms with Gasteiger partial charge in [-0.2, -0.15) is 0 Å². The van der Waals surface area contributed by atoms with E-state index >= 15 is 0 Å². The SMILES string of the molecule is NC(Cc1ccc(NC(=O)Cc2ccccc2)cc1)=NO. The summed E-state index contributed by atoms with van der Waals surface area (Å²) in [5.74, 6) is 0.0845. The van der Waals surface area contributed by atoms with Crippen molar-refractivity contribution in [2.45, 2.75) is 12.8 Å². The zero-order valence-electron chi connectivity index (χ0n) is 11.5. The number of hydrogen-bond donors (Lipinski definition) is 3. The molecular weight excluding hydrogens is 266 g/mol. The van der Waals surface area contributed by atoms with Gasteiger partial charge in [0.15, 0.2) is 0 Å². The minimum absolute atomic E-state index is 0.0645. The minimum atomic E-state index is -0.0645. The monoisotopic (exact) mass is 283 g/mol. The molecule has 0 heterocycles. The van der Waals surface area contributed by atoms with Crippen LogP contribution in [0, 0.1) is 0 Å². The van der Waals surface area contributed by atoms with Crippen molar-refractivity contribution in [2.75, 3.05) is 5.32 Å². The van der Waals surface area contributed by atoms with Crippen LogP contribution in [0.25, 0.3) is 0 Å². The van der Waals surface area contributed by atoms with Crippen molar-refractivity contribution in [1.29, 1.82) is 0 Å². The third-order valence-corrected chi connectivity index (χ3v) is 2.96. The number of amidine groups is 1. The van der Waals surface area contributed by atoms with Crippen molar-refractivity contribution >= 4 is 17.4 Å². The van der Waals surface area contributed by atoms with Crippen molar-refractivity contribution in [2.24, 2.45) is 10.9 Å². The number of hydrogen-bond acceptors (Lipinski definition) is 3. The molecule has 0 radical (unpaired) electrons. The molecule has 1 amide bonds. The van der Waals surface area contributed by atoms with Crippen molar-refractivity contribution in [3.05, 3.63) is 65.7 Å². The second-order valence-electron chi connectivity index (χ2n) is 4.68. The summed E-state index contributed by atoms with van der Waals surface area (Å²) < 4.78 is 0. The van der Waals surface area contributed by atoms with Crippen molar-refractivity contribution in [3.63, 3.8) is 0 Å². The van der Waals surface area contributed by atoms with Crippen LogP contribution in [0.2, 0.25) is 0 Å². The standard InChI is InChI=1S/C16H17N3O2/c17-15(19-21)10-13-6-8-14(9-7-13)18-16(20)11-12-4-2-1-3-5-12/h1-9,21H,10-11H2,(H2,17,19)(H,18,20). The van der Waals surface area contributed by atoms with E-state index in [1.54, 1.807) is 12.1 Å². The number of rotatable bonds is 5. The Labute approximate surface area is 123 Å². The Kier molecular flexibility index (Phi) is 4.93. The van der Waals surface area contributed by atoms with Crippen LogP contribution in [0.1, 0.15) is 11.1 Å². The number of benzene rings is 2. The molecule has 0 unspecified atom stereocenters. The highest BCUT2D eigenvalue weighted by molar-refractivity contribution is 5.92. The van der Waals surface area contributed by atoms with Crippen LogP contribution < -0.4 is 11.1 Å². The fourth-order valence-electron chi connectivity index (χ4n) is 1.94. The Hall–Kier alpha value is -2.82. The molecule has 21 heavy (non-hydrogen) atoms. The molecule has 0 aromatic heterocycles. The highest BCUT2D eigenvalue weighted by Crippen LogP contribution is 2.11. The summed E-state index contributed by atoms with van der Waals surface area (Å²) in [7, 11) is 0. The van der Waals surface area contributed by atoms with Crippen LogP contribution >= 0.6 is 0 Å². The van der Waals surface area contributed by atoms with E-state index in [0.717, 1.165) is 16.8 Å². The zero-order chi connectivity index (χ0) is 15.1. The normalized spacial score (nSPS) is 11.1. The van der Waals surface area contributed by atoms with Crippen LogP contribution in [0.5, 0.6) is 0 Å². The molecule has 5 heteroatoms. The Morgan fingerprint density at radius 3 is 2.24 bits per heavy atom. The van der Waals surface area contributed by atoms with E-state index in [1.165, 1.54) is 0 Å². The topological polar surface area (TPSA) is 87.7 Å². The van der Waals surface area contributed by atoms with E-state index in [4.69, 9.17) is 10.9 Å². The quantitative estimate of drug-likeness (QED) is 0.340. The van der Waals surface area contributed by atoms with E-state index in [0.29, 0.717) is 12.8 Å². The first-order valence-corrected chi connectivity index (χ1v) is 6.56. The van der Waals surface area contributed by atoms with E-state index in [9.17, 15) is 4.79 Å². The molecule has 0 bridgehead atoms. The van der Waals surface area contributed by atoms with Gasteiger partial charge in [-0.25, -0.2) is 0 Å². The van der Waals surface area contributed by atoms with Crippen LogP contribution in [0.3, 0.4) is 0 Å². The van der Waals surface area contributed by atoms with E-state index < -0.39 is 0 Å². The summed E-state index contributed by atoms with van der Waals surface area (Å²) in [5.41, 5.74) is 8.04. The molecular formula is C16H17N3O2. The third kappa shape index (κ3) is 4.65. The highest BCUT2D eigenvalue weighted by Gasteiger charge is 2.04. The summed E-state index contributed by atoms with van der Waals surface area (Å²) in [6.07, 6.45) is 0.710. The van der Waals surface area contributed by atoms with Gasteiger partial charge in [-0.05, 0) is 23.3 Å². The molecule has 0 fully saturated rings. The van der Waals surface area contributed by atoms with Crippen molar-refractivity contribution in [3.8, 4) is 0 Å². The molecule has 5 nitrogen and oxygen atoms in total. The zero-order valence-corrected chi connectivity index (χ0v) is 11.5. The van der Waals surface area contributed by atoms with Gasteiger partial charge in [0.25, 0.3) is 0 Å². The van der Waals surface area contributed by atoms with E-state index in [-0.39, 0.29) is 11.7 Å². The lowest BCUT2D eigenvalue weighted by atomic mass is 10.1. The lowest BCUT2D eigenvalue weighted by Crippen LogP contribution is -2.15. The maximum atomic E-state index is 11.9. The molecule has 2 aromatic rings. The summed E-state index contributed by atoms with van der Waals surface area (Å²) >= 11 is 0. The average Bonchev–Trinajstić information content (AvgIpc) is 2.50. The number of amides is 1. The first kappa shape index (κ1) is 14.6. The lowest BCUT2D eigenvalue weighted by molar-refractivity contribution is -0.115. The van der Waals surface area contributed by atoms with Gasteiger partial charge in [0.05, 0.1) is 6.42 Å². The third-order valence-electron chi connectivity index (χ3n) is 2.96. The van der Waals surface area contributed by atoms with E-state index in [1.807, 2.05) is 42.5 Å². The molecule has 2 rings (SSSR count). The number of nitrogens with one attached hydrogen (secondary N) is 1. The maximum absolute atomic E-state index is 11.9. The van der Waals surface area contributed by atoms with Crippen LogP contribution in [-0.4, -0.2) is 17.0 Å². The molecule has 0 atom stereocenters. The second-order valence-corrected chi connectivity index (χ2v) is 4.68. The predicted octanol–water partition coefficient (Wildman–Crippen LogP) is 2.16. The number of nitrogens with zero attached hydrogens (tertiary/aromatic N) is 1. The van der Waals surface area contributed by atoms with Gasteiger partial charge < -0.3 is 16.3 Å². The Bertz CT molecular complexity index is 622. The first-order valence-electron chi connectivity index (χ1n) is 6.56. The van der Waals surface area contributed by atoms with Crippen LogP contribution in [-0.2, 0) is 17.6 Å². The Balaban J connectivity index is 1.92. The Morgan fingerprint density at radius 2 is 1.62 bits per heavy atom. The first-order chi connectivity index (χ1) is 10.2. The fraction of sp³-hybridized carbons (Fsp3) is 0.125. The minimum Gasteiger partial charge on any atom is -0.409 e. The smallest absolute Gasteiger partial charge is 0.228 e. The van der Waals surface area contributed by atoms with Gasteiger partial charge in [0, 0.05) is 12.1 Å². The number of oxime groups is 1. The molecule has 0 aliphatic heterocycles. The van der Waals surface area contributed by atoms with Gasteiger partial charge in [0.2, 0.25) is 5.91 Å². The van der Waals surface area contributed by atoms with Gasteiger partial charge in [-0.15, -0.1) is 0 Å². The number of carbonyl (C=O) groups is 1. The van der Waals surface area contributed by atoms with Gasteiger partial charge >= 0.3 is 0 Å². The van der Waals surface area contributed by atoms with Crippen LogP contribution in [0.15, 0.2) is 59.8 Å². The summed E-state index contributed by atoms with van der Waals surface area (Å²) in [5, 5.41) is 14.3. The van der Waals surface area contributed by atoms with E-state index in [2.05, 4.69) is 10.5 Å². The number of carbonyl (C=O) groups excluding carboxylic acids is 1. The largest absolute Gasteiger partial charge is 0.409 e. The van der Waals surface area contributed by atoms with Gasteiger partial charge in [-0.1, -0.05) is 47.6 Å². The lowest BCUT2D eigenvalue weighted by Gasteiger charge is -2.06. The molecule has 0 aliphatic carbocycles. The number of nitrogens with two attached hydrogens (primary N) is 1. The maximum Gasteiger partial charge on any atom is 0.228 e. The molecule has 4 N–H and O–H groups in total.